The Hall–Kier alpha value is -2.24. The number of likely N-dealkylation sites (tertiary alicyclic amines) is 1. The predicted molar refractivity (Wildman–Crippen MR) is 118 cm³/mol. The van der Waals surface area contributed by atoms with Crippen LogP contribution in [-0.2, 0) is 0 Å². The molecule has 3 atom stereocenters. The molecule has 2 heteroatoms. The molecule has 2 saturated carbocycles. The Kier molecular flexibility index (Phi) is 5.34. The molecule has 2 aromatic rings. The van der Waals surface area contributed by atoms with Gasteiger partial charge in [0.1, 0.15) is 5.75 Å². The number of nitrogens with zero attached hydrogens (tertiary/aromatic N) is 1. The van der Waals surface area contributed by atoms with E-state index in [1.807, 2.05) is 18.2 Å². The second-order valence-corrected chi connectivity index (χ2v) is 9.13. The van der Waals surface area contributed by atoms with Crippen molar-refractivity contribution in [3.63, 3.8) is 0 Å². The summed E-state index contributed by atoms with van der Waals surface area (Å²) in [7, 11) is 1.79. The molecule has 2 aliphatic carbocycles. The van der Waals surface area contributed by atoms with Gasteiger partial charge >= 0.3 is 0 Å². The highest BCUT2D eigenvalue weighted by molar-refractivity contribution is 5.48. The van der Waals surface area contributed by atoms with Crippen LogP contribution in [0.4, 0.5) is 0 Å². The van der Waals surface area contributed by atoms with Gasteiger partial charge in [0.25, 0.3) is 0 Å². The quantitative estimate of drug-likeness (QED) is 0.650. The molecule has 0 spiro atoms. The van der Waals surface area contributed by atoms with E-state index in [0.29, 0.717) is 5.92 Å². The van der Waals surface area contributed by atoms with Crippen molar-refractivity contribution in [2.75, 3.05) is 20.2 Å². The van der Waals surface area contributed by atoms with Crippen LogP contribution in [-0.4, -0.2) is 31.1 Å². The van der Waals surface area contributed by atoms with Gasteiger partial charge in [-0.15, -0.1) is 0 Å². The summed E-state index contributed by atoms with van der Waals surface area (Å²) in [6.45, 7) is 2.48. The molecule has 2 nitrogen and oxygen atoms in total. The second-order valence-electron chi connectivity index (χ2n) is 9.13. The summed E-state index contributed by atoms with van der Waals surface area (Å²) in [5.41, 5.74) is 3.49. The third kappa shape index (κ3) is 3.94. The van der Waals surface area contributed by atoms with Gasteiger partial charge in [0.05, 0.1) is 7.11 Å². The zero-order valence-electron chi connectivity index (χ0n) is 17.4. The molecular weight excluding hydrogens is 354 g/mol. The number of methoxy groups -OCH3 is 1. The van der Waals surface area contributed by atoms with Crippen LogP contribution < -0.4 is 4.74 Å². The highest BCUT2D eigenvalue weighted by atomic mass is 16.5. The van der Waals surface area contributed by atoms with Crippen molar-refractivity contribution in [3.05, 3.63) is 65.2 Å². The molecule has 2 aromatic carbocycles. The van der Waals surface area contributed by atoms with Gasteiger partial charge < -0.3 is 9.64 Å². The molecule has 1 aliphatic heterocycles. The lowest BCUT2D eigenvalue weighted by Crippen LogP contribution is -2.43. The summed E-state index contributed by atoms with van der Waals surface area (Å²) in [5.74, 6) is 10.3. The smallest absolute Gasteiger partial charge is 0.122 e. The fourth-order valence-electron chi connectivity index (χ4n) is 6.00. The first-order valence-corrected chi connectivity index (χ1v) is 11.3. The molecule has 0 radical (unpaired) electrons. The Balaban J connectivity index is 1.29. The van der Waals surface area contributed by atoms with Crippen LogP contribution in [0.25, 0.3) is 0 Å². The van der Waals surface area contributed by atoms with Gasteiger partial charge in [-0.2, -0.15) is 0 Å². The zero-order valence-corrected chi connectivity index (χ0v) is 17.4. The van der Waals surface area contributed by atoms with Crippen molar-refractivity contribution < 1.29 is 4.74 Å². The normalized spacial score (nSPS) is 26.9. The maximum Gasteiger partial charge on any atom is 0.122 e. The Morgan fingerprint density at radius 1 is 0.862 bits per heavy atom. The van der Waals surface area contributed by atoms with E-state index in [0.717, 1.165) is 34.8 Å². The SMILES string of the molecule is COc1ccc(C#Cc2ccccc2)cc1C1CCN([C@H]2C[C@H]3CC[C@H]2C3)CC1. The van der Waals surface area contributed by atoms with Crippen LogP contribution >= 0.6 is 0 Å². The van der Waals surface area contributed by atoms with Gasteiger partial charge in [0, 0.05) is 17.2 Å². The van der Waals surface area contributed by atoms with Crippen molar-refractivity contribution in [2.24, 2.45) is 11.8 Å². The van der Waals surface area contributed by atoms with Crippen molar-refractivity contribution in [3.8, 4) is 17.6 Å². The molecule has 0 unspecified atom stereocenters. The van der Waals surface area contributed by atoms with Crippen LogP contribution in [0.2, 0.25) is 0 Å². The Labute approximate surface area is 175 Å². The molecule has 3 fully saturated rings. The second kappa shape index (κ2) is 8.25. The standard InChI is InChI=1S/C27H31NO/c1-29-27-12-10-21(8-7-20-5-3-2-4-6-20)18-25(27)23-13-15-28(16-14-23)26-19-22-9-11-24(26)17-22/h2-6,10,12,18,22-24,26H,9,11,13-17,19H2,1H3/t22-,24-,26-/m0/s1. The molecule has 1 saturated heterocycles. The van der Waals surface area contributed by atoms with E-state index in [1.54, 1.807) is 7.11 Å². The summed E-state index contributed by atoms with van der Waals surface area (Å²) >= 11 is 0. The molecule has 0 N–H and O–H groups in total. The van der Waals surface area contributed by atoms with Crippen molar-refractivity contribution in [1.82, 2.24) is 4.90 Å². The summed E-state index contributed by atoms with van der Waals surface area (Å²) in [4.78, 5) is 2.81. The topological polar surface area (TPSA) is 12.5 Å². The van der Waals surface area contributed by atoms with Crippen LogP contribution in [0.3, 0.4) is 0 Å². The van der Waals surface area contributed by atoms with Crippen molar-refractivity contribution in [2.45, 2.75) is 50.5 Å². The fourth-order valence-corrected chi connectivity index (χ4v) is 6.00. The average Bonchev–Trinajstić information content (AvgIpc) is 3.42. The summed E-state index contributed by atoms with van der Waals surface area (Å²) in [5, 5.41) is 0. The minimum absolute atomic E-state index is 0.582. The highest BCUT2D eigenvalue weighted by Crippen LogP contribution is 2.48. The lowest BCUT2D eigenvalue weighted by Gasteiger charge is -2.40. The monoisotopic (exact) mass is 385 g/mol. The van der Waals surface area contributed by atoms with E-state index in [4.69, 9.17) is 4.74 Å². The molecule has 0 aromatic heterocycles. The van der Waals surface area contributed by atoms with E-state index < -0.39 is 0 Å². The molecule has 29 heavy (non-hydrogen) atoms. The predicted octanol–water partition coefficient (Wildman–Crippen LogP) is 5.46. The Morgan fingerprint density at radius 3 is 2.34 bits per heavy atom. The maximum atomic E-state index is 5.72. The first-order valence-electron chi connectivity index (χ1n) is 11.3. The molecule has 3 aliphatic rings. The number of benzene rings is 2. The molecule has 5 rings (SSSR count). The van der Waals surface area contributed by atoms with E-state index >= 15 is 0 Å². The van der Waals surface area contributed by atoms with Gasteiger partial charge in [-0.3, -0.25) is 0 Å². The van der Waals surface area contributed by atoms with Crippen LogP contribution in [0.1, 0.15) is 61.1 Å². The number of ether oxygens (including phenoxy) is 1. The minimum atomic E-state index is 0.582. The van der Waals surface area contributed by atoms with E-state index in [-0.39, 0.29) is 0 Å². The summed E-state index contributed by atoms with van der Waals surface area (Å²) in [6, 6.07) is 17.5. The molecule has 2 bridgehead atoms. The van der Waals surface area contributed by atoms with E-state index in [9.17, 15) is 0 Å². The van der Waals surface area contributed by atoms with Crippen molar-refractivity contribution in [1.29, 1.82) is 0 Å². The number of rotatable bonds is 3. The van der Waals surface area contributed by atoms with E-state index in [1.165, 1.54) is 57.2 Å². The van der Waals surface area contributed by atoms with Gasteiger partial charge in [-0.25, -0.2) is 0 Å². The highest BCUT2D eigenvalue weighted by Gasteiger charge is 2.43. The van der Waals surface area contributed by atoms with Crippen LogP contribution in [0.5, 0.6) is 5.75 Å². The zero-order chi connectivity index (χ0) is 19.6. The number of hydrogen-bond donors (Lipinski definition) is 0. The van der Waals surface area contributed by atoms with E-state index in [2.05, 4.69) is 47.1 Å². The third-order valence-corrected chi connectivity index (χ3v) is 7.49. The summed E-state index contributed by atoms with van der Waals surface area (Å²) < 4.78 is 5.72. The van der Waals surface area contributed by atoms with Gasteiger partial charge in [0.15, 0.2) is 0 Å². The lowest BCUT2D eigenvalue weighted by atomic mass is 9.85. The molecular formula is C27H31NO. The van der Waals surface area contributed by atoms with Crippen LogP contribution in [0, 0.1) is 23.7 Å². The lowest BCUT2D eigenvalue weighted by molar-refractivity contribution is 0.110. The number of piperidine rings is 1. The van der Waals surface area contributed by atoms with Gasteiger partial charge in [-0.05, 0) is 98.8 Å². The van der Waals surface area contributed by atoms with Gasteiger partial charge in [0.2, 0.25) is 0 Å². The minimum Gasteiger partial charge on any atom is -0.496 e. The van der Waals surface area contributed by atoms with Gasteiger partial charge in [-0.1, -0.05) is 36.5 Å². The molecule has 0 amide bonds. The molecule has 1 heterocycles. The maximum absolute atomic E-state index is 5.72. The Morgan fingerprint density at radius 2 is 1.66 bits per heavy atom. The molecule has 150 valence electrons. The van der Waals surface area contributed by atoms with Crippen molar-refractivity contribution >= 4 is 0 Å². The first kappa shape index (κ1) is 18.8. The summed E-state index contributed by atoms with van der Waals surface area (Å²) in [6.07, 6.45) is 8.40. The van der Waals surface area contributed by atoms with Crippen LogP contribution in [0.15, 0.2) is 48.5 Å². The average molecular weight is 386 g/mol. The largest absolute Gasteiger partial charge is 0.496 e. The Bertz CT molecular complexity index is 901. The first-order chi connectivity index (χ1) is 14.3. The third-order valence-electron chi connectivity index (χ3n) is 7.49. The fraction of sp³-hybridized carbons (Fsp3) is 0.481. The number of fused-ring (bicyclic) bond motifs is 2. The number of hydrogen-bond acceptors (Lipinski definition) is 2.